The Labute approximate surface area is 174 Å². The van der Waals surface area contributed by atoms with E-state index in [0.29, 0.717) is 18.7 Å². The Morgan fingerprint density at radius 2 is 1.80 bits per heavy atom. The quantitative estimate of drug-likeness (QED) is 0.525. The molecule has 0 N–H and O–H groups in total. The van der Waals surface area contributed by atoms with E-state index in [1.807, 2.05) is 40.6 Å². The van der Waals surface area contributed by atoms with Crippen molar-refractivity contribution in [3.8, 4) is 11.3 Å². The summed E-state index contributed by atoms with van der Waals surface area (Å²) in [5.74, 6) is 1.07. The average Bonchev–Trinajstić information content (AvgIpc) is 3.45. The fourth-order valence-corrected chi connectivity index (χ4v) is 3.99. The molecule has 1 fully saturated rings. The van der Waals surface area contributed by atoms with Crippen molar-refractivity contribution in [1.29, 1.82) is 0 Å². The number of rotatable bonds is 3. The molecule has 152 valence electrons. The maximum absolute atomic E-state index is 12.6. The zero-order valence-electron chi connectivity index (χ0n) is 17.1. The van der Waals surface area contributed by atoms with Crippen LogP contribution in [-0.2, 0) is 0 Å². The molecule has 1 aliphatic heterocycles. The van der Waals surface area contributed by atoms with Gasteiger partial charge in [0.1, 0.15) is 12.1 Å². The van der Waals surface area contributed by atoms with Crippen molar-refractivity contribution in [2.45, 2.75) is 13.8 Å². The van der Waals surface area contributed by atoms with Gasteiger partial charge in [-0.2, -0.15) is 9.61 Å². The summed E-state index contributed by atoms with van der Waals surface area (Å²) in [5, 5.41) is 4.87. The lowest BCUT2D eigenvalue weighted by molar-refractivity contribution is 0.0745. The smallest absolute Gasteiger partial charge is 0.257 e. The van der Waals surface area contributed by atoms with Gasteiger partial charge in [0.15, 0.2) is 5.65 Å². The molecule has 0 unspecified atom stereocenters. The number of carbonyl (C=O) groups excluding carboxylic acids is 1. The summed E-state index contributed by atoms with van der Waals surface area (Å²) in [5.41, 5.74) is 5.52. The van der Waals surface area contributed by atoms with Crippen molar-refractivity contribution in [2.75, 3.05) is 31.1 Å². The average molecular weight is 401 g/mol. The number of anilines is 1. The second kappa shape index (κ2) is 7.33. The molecule has 0 aliphatic carbocycles. The second-order valence-electron chi connectivity index (χ2n) is 7.60. The first-order valence-corrected chi connectivity index (χ1v) is 10.1. The standard InChI is InChI=1S/C23H23N5O2/c1-16-17(2)24-21-14-20(18-6-4-3-5-7-18)25-28(21)22(16)26-9-11-27(12-10-26)23(29)19-8-13-30-15-19/h3-8,13-15H,9-12H2,1-2H3. The Hall–Kier alpha value is -3.61. The lowest BCUT2D eigenvalue weighted by atomic mass is 10.1. The van der Waals surface area contributed by atoms with Crippen LogP contribution in [-0.4, -0.2) is 51.6 Å². The molecule has 30 heavy (non-hydrogen) atoms. The van der Waals surface area contributed by atoms with Gasteiger partial charge >= 0.3 is 0 Å². The molecule has 4 heterocycles. The minimum Gasteiger partial charge on any atom is -0.472 e. The molecule has 4 aromatic rings. The molecule has 0 atom stereocenters. The third-order valence-electron chi connectivity index (χ3n) is 5.76. The molecule has 0 radical (unpaired) electrons. The summed E-state index contributed by atoms with van der Waals surface area (Å²) in [6.45, 7) is 6.90. The summed E-state index contributed by atoms with van der Waals surface area (Å²) < 4.78 is 7.00. The number of piperazine rings is 1. The van der Waals surface area contributed by atoms with E-state index in [1.165, 1.54) is 12.5 Å². The Morgan fingerprint density at radius 3 is 2.50 bits per heavy atom. The van der Waals surface area contributed by atoms with Gasteiger partial charge in [-0.3, -0.25) is 4.79 Å². The fourth-order valence-electron chi connectivity index (χ4n) is 3.99. The van der Waals surface area contributed by atoms with Gasteiger partial charge in [0, 0.05) is 49.1 Å². The molecule has 3 aromatic heterocycles. The highest BCUT2D eigenvalue weighted by atomic mass is 16.3. The second-order valence-corrected chi connectivity index (χ2v) is 7.60. The van der Waals surface area contributed by atoms with E-state index < -0.39 is 0 Å². The summed E-state index contributed by atoms with van der Waals surface area (Å²) in [7, 11) is 0. The van der Waals surface area contributed by atoms with E-state index in [2.05, 4.69) is 24.0 Å². The van der Waals surface area contributed by atoms with Crippen molar-refractivity contribution in [3.05, 3.63) is 71.8 Å². The molecule has 1 aromatic carbocycles. The largest absolute Gasteiger partial charge is 0.472 e. The van der Waals surface area contributed by atoms with Crippen LogP contribution < -0.4 is 4.90 Å². The highest BCUT2D eigenvalue weighted by molar-refractivity contribution is 5.94. The molecule has 0 spiro atoms. The van der Waals surface area contributed by atoms with Crippen LogP contribution in [0.1, 0.15) is 21.6 Å². The van der Waals surface area contributed by atoms with Crippen molar-refractivity contribution in [1.82, 2.24) is 19.5 Å². The topological polar surface area (TPSA) is 66.9 Å². The molecule has 1 aliphatic rings. The van der Waals surface area contributed by atoms with E-state index in [0.717, 1.165) is 47.1 Å². The maximum atomic E-state index is 12.6. The Kier molecular flexibility index (Phi) is 4.50. The number of aryl methyl sites for hydroxylation is 1. The zero-order valence-corrected chi connectivity index (χ0v) is 17.1. The number of carbonyl (C=O) groups is 1. The highest BCUT2D eigenvalue weighted by Gasteiger charge is 2.26. The van der Waals surface area contributed by atoms with Crippen LogP contribution in [0.3, 0.4) is 0 Å². The minimum atomic E-state index is 0.0154. The van der Waals surface area contributed by atoms with Crippen LogP contribution in [0.25, 0.3) is 16.9 Å². The van der Waals surface area contributed by atoms with Crippen molar-refractivity contribution in [2.24, 2.45) is 0 Å². The van der Waals surface area contributed by atoms with Gasteiger partial charge in [0.2, 0.25) is 0 Å². The fraction of sp³-hybridized carbons (Fsp3) is 0.261. The lowest BCUT2D eigenvalue weighted by Gasteiger charge is -2.36. The van der Waals surface area contributed by atoms with E-state index in [9.17, 15) is 4.79 Å². The number of hydrogen-bond donors (Lipinski definition) is 0. The van der Waals surface area contributed by atoms with Gasteiger partial charge in [-0.25, -0.2) is 4.98 Å². The molecule has 0 saturated carbocycles. The van der Waals surface area contributed by atoms with E-state index >= 15 is 0 Å². The van der Waals surface area contributed by atoms with Gasteiger partial charge in [0.25, 0.3) is 5.91 Å². The Balaban J connectivity index is 1.46. The number of fused-ring (bicyclic) bond motifs is 1. The third-order valence-corrected chi connectivity index (χ3v) is 5.76. The number of nitrogens with zero attached hydrogens (tertiary/aromatic N) is 5. The predicted molar refractivity (Wildman–Crippen MR) is 115 cm³/mol. The number of furan rings is 1. The maximum Gasteiger partial charge on any atom is 0.257 e. The number of amides is 1. The lowest BCUT2D eigenvalue weighted by Crippen LogP contribution is -2.49. The summed E-state index contributed by atoms with van der Waals surface area (Å²) in [4.78, 5) is 21.5. The summed E-state index contributed by atoms with van der Waals surface area (Å²) in [6.07, 6.45) is 3.04. The SMILES string of the molecule is Cc1nc2cc(-c3ccccc3)nn2c(N2CCN(C(=O)c3ccoc3)CC2)c1C. The molecule has 5 rings (SSSR count). The van der Waals surface area contributed by atoms with Gasteiger partial charge < -0.3 is 14.2 Å². The molecular weight excluding hydrogens is 378 g/mol. The summed E-state index contributed by atoms with van der Waals surface area (Å²) >= 11 is 0. The van der Waals surface area contributed by atoms with Crippen LogP contribution in [0.2, 0.25) is 0 Å². The molecule has 1 saturated heterocycles. The monoisotopic (exact) mass is 401 g/mol. The van der Waals surface area contributed by atoms with Crippen LogP contribution in [0.5, 0.6) is 0 Å². The highest BCUT2D eigenvalue weighted by Crippen LogP contribution is 2.28. The number of benzene rings is 1. The van der Waals surface area contributed by atoms with Crippen molar-refractivity contribution in [3.63, 3.8) is 0 Å². The van der Waals surface area contributed by atoms with Gasteiger partial charge in [-0.05, 0) is 19.9 Å². The Morgan fingerprint density at radius 1 is 1.03 bits per heavy atom. The van der Waals surface area contributed by atoms with Crippen LogP contribution >= 0.6 is 0 Å². The van der Waals surface area contributed by atoms with Crippen LogP contribution in [0, 0.1) is 13.8 Å². The molecule has 1 amide bonds. The Bertz CT molecular complexity index is 1190. The first kappa shape index (κ1) is 18.4. The molecular formula is C23H23N5O2. The first-order chi connectivity index (χ1) is 14.6. The molecule has 7 nitrogen and oxygen atoms in total. The minimum absolute atomic E-state index is 0.0154. The third kappa shape index (κ3) is 3.12. The predicted octanol–water partition coefficient (Wildman–Crippen LogP) is 3.57. The normalized spacial score (nSPS) is 14.5. The van der Waals surface area contributed by atoms with Crippen molar-refractivity contribution >= 4 is 17.4 Å². The van der Waals surface area contributed by atoms with Gasteiger partial charge in [-0.1, -0.05) is 30.3 Å². The van der Waals surface area contributed by atoms with E-state index in [4.69, 9.17) is 14.5 Å². The number of hydrogen-bond acceptors (Lipinski definition) is 5. The number of aromatic nitrogens is 3. The molecule has 0 bridgehead atoms. The molecule has 7 heteroatoms. The van der Waals surface area contributed by atoms with Gasteiger partial charge in [-0.15, -0.1) is 0 Å². The van der Waals surface area contributed by atoms with E-state index in [1.54, 1.807) is 6.07 Å². The van der Waals surface area contributed by atoms with Gasteiger partial charge in [0.05, 0.1) is 17.5 Å². The summed E-state index contributed by atoms with van der Waals surface area (Å²) in [6, 6.07) is 13.9. The first-order valence-electron chi connectivity index (χ1n) is 10.1. The van der Waals surface area contributed by atoms with Crippen LogP contribution in [0.4, 0.5) is 5.82 Å². The van der Waals surface area contributed by atoms with E-state index in [-0.39, 0.29) is 5.91 Å². The zero-order chi connectivity index (χ0) is 20.7. The van der Waals surface area contributed by atoms with Crippen LogP contribution in [0.15, 0.2) is 59.4 Å². The van der Waals surface area contributed by atoms with Crippen molar-refractivity contribution < 1.29 is 9.21 Å².